The molecular weight excluding hydrogens is 504 g/mol. The van der Waals surface area contributed by atoms with E-state index in [0.717, 1.165) is 16.8 Å². The fraction of sp³-hybridized carbons (Fsp3) is 0.348. The molecule has 4 heterocycles. The van der Waals surface area contributed by atoms with Crippen LogP contribution in [0.2, 0.25) is 5.02 Å². The Hall–Kier alpha value is -3.78. The molecule has 0 radical (unpaired) electrons. The first kappa shape index (κ1) is 24.9. The van der Waals surface area contributed by atoms with Crippen molar-refractivity contribution in [1.82, 2.24) is 30.0 Å². The molecule has 0 spiro atoms. The summed E-state index contributed by atoms with van der Waals surface area (Å²) in [4.78, 5) is 25.1. The highest BCUT2D eigenvalue weighted by atomic mass is 35.5. The molecule has 0 aliphatic carbocycles. The number of hydrogen-bond acceptors (Lipinski definition) is 11. The lowest BCUT2D eigenvalue weighted by atomic mass is 10.1. The van der Waals surface area contributed by atoms with Crippen LogP contribution >= 0.6 is 11.6 Å². The number of fused-ring (bicyclic) bond motifs is 1. The molecule has 5 N–H and O–H groups in total. The number of amides is 1. The molecule has 2 unspecified atom stereocenters. The van der Waals surface area contributed by atoms with Crippen molar-refractivity contribution < 1.29 is 23.9 Å². The standard InChI is InChI=1S/C23H25ClN8O5/c1-11-5-15(37-31-11)35-8-12-3-4-14(24)6-13(12)7-27-20-17-21(29-9-28-20)32(10-30-17)23-18(33)16(25)19(36-23)22(34)26-2/h3-6,9-10,16,18-19,23,33H,7-8,25H2,1-2H3,(H,26,34)(H,27,28,29)/t16?,18?,19-,23+/m0/s1. The third kappa shape index (κ3) is 4.93. The first-order chi connectivity index (χ1) is 17.9. The molecule has 1 saturated heterocycles. The van der Waals surface area contributed by atoms with Crippen molar-refractivity contribution >= 4 is 34.5 Å². The van der Waals surface area contributed by atoms with Crippen molar-refractivity contribution in [3.05, 3.63) is 58.8 Å². The van der Waals surface area contributed by atoms with Gasteiger partial charge in [0.25, 0.3) is 5.91 Å². The number of hydrogen-bond donors (Lipinski definition) is 4. The van der Waals surface area contributed by atoms with E-state index in [4.69, 9.17) is 31.3 Å². The molecule has 0 bridgehead atoms. The van der Waals surface area contributed by atoms with E-state index < -0.39 is 30.4 Å². The third-order valence-corrected chi connectivity index (χ3v) is 6.29. The number of imidazole rings is 1. The van der Waals surface area contributed by atoms with E-state index in [0.29, 0.717) is 34.5 Å². The number of benzene rings is 1. The maximum atomic E-state index is 12.1. The zero-order valence-corrected chi connectivity index (χ0v) is 20.7. The Morgan fingerprint density at radius 1 is 1.27 bits per heavy atom. The van der Waals surface area contributed by atoms with Gasteiger partial charge in [0.2, 0.25) is 0 Å². The number of halogens is 1. The van der Waals surface area contributed by atoms with Crippen LogP contribution < -0.4 is 21.1 Å². The van der Waals surface area contributed by atoms with Gasteiger partial charge in [-0.05, 0) is 30.2 Å². The lowest BCUT2D eigenvalue weighted by molar-refractivity contribution is -0.134. The van der Waals surface area contributed by atoms with E-state index >= 15 is 0 Å². The highest BCUT2D eigenvalue weighted by Crippen LogP contribution is 2.32. The summed E-state index contributed by atoms with van der Waals surface area (Å²) in [5.74, 6) is 0.361. The second-order valence-corrected chi connectivity index (χ2v) is 8.95. The molecule has 3 aromatic heterocycles. The first-order valence-corrected chi connectivity index (χ1v) is 11.8. The minimum absolute atomic E-state index is 0.250. The molecule has 13 nitrogen and oxygen atoms in total. The van der Waals surface area contributed by atoms with Crippen LogP contribution in [0.15, 0.2) is 41.4 Å². The predicted octanol–water partition coefficient (Wildman–Crippen LogP) is 1.30. The number of anilines is 1. The number of nitrogens with one attached hydrogen (secondary N) is 2. The van der Waals surface area contributed by atoms with Crippen LogP contribution in [0, 0.1) is 6.92 Å². The molecule has 37 heavy (non-hydrogen) atoms. The Labute approximate surface area is 215 Å². The minimum Gasteiger partial charge on any atom is -0.459 e. The summed E-state index contributed by atoms with van der Waals surface area (Å²) in [5, 5.41) is 20.8. The molecule has 1 fully saturated rings. The molecule has 4 aromatic rings. The number of carbonyl (C=O) groups excluding carboxylic acids is 1. The number of aliphatic hydroxyl groups is 1. The highest BCUT2D eigenvalue weighted by Gasteiger charge is 2.46. The summed E-state index contributed by atoms with van der Waals surface area (Å²) in [6.07, 6.45) is -0.259. The van der Waals surface area contributed by atoms with Crippen LogP contribution in [-0.4, -0.2) is 61.0 Å². The van der Waals surface area contributed by atoms with Crippen LogP contribution in [0.25, 0.3) is 11.2 Å². The van der Waals surface area contributed by atoms with Gasteiger partial charge in [0.15, 0.2) is 29.3 Å². The average Bonchev–Trinajstić information content (AvgIpc) is 3.59. The molecule has 0 saturated carbocycles. The summed E-state index contributed by atoms with van der Waals surface area (Å²) < 4.78 is 18.1. The van der Waals surface area contributed by atoms with E-state index in [-0.39, 0.29) is 6.61 Å². The SMILES string of the molecule is CNC(=O)[C@H]1O[C@@H](n2cnc3c(NCc4cc(Cl)ccc4COc4cc(C)no4)ncnc32)C(O)C1N. The number of aryl methyl sites for hydroxylation is 1. The van der Waals surface area contributed by atoms with Gasteiger partial charge in [0.1, 0.15) is 19.0 Å². The number of nitrogens with two attached hydrogens (primary N) is 1. The van der Waals surface area contributed by atoms with Gasteiger partial charge in [0.05, 0.1) is 18.1 Å². The Morgan fingerprint density at radius 3 is 2.86 bits per heavy atom. The van der Waals surface area contributed by atoms with E-state index in [2.05, 4.69) is 30.7 Å². The summed E-state index contributed by atoms with van der Waals surface area (Å²) in [6.45, 7) is 2.42. The number of nitrogens with zero attached hydrogens (tertiary/aromatic N) is 5. The summed E-state index contributed by atoms with van der Waals surface area (Å²) in [7, 11) is 1.47. The van der Waals surface area contributed by atoms with E-state index in [9.17, 15) is 9.90 Å². The van der Waals surface area contributed by atoms with Gasteiger partial charge >= 0.3 is 5.95 Å². The second kappa shape index (κ2) is 10.3. The predicted molar refractivity (Wildman–Crippen MR) is 132 cm³/mol. The molecule has 1 aromatic carbocycles. The molecule has 1 aliphatic heterocycles. The highest BCUT2D eigenvalue weighted by molar-refractivity contribution is 6.30. The van der Waals surface area contributed by atoms with Crippen molar-refractivity contribution in [3.8, 4) is 5.95 Å². The number of likely N-dealkylation sites (N-methyl/N-ethyl adjacent to an activating group) is 1. The molecule has 5 rings (SSSR count). The van der Waals surface area contributed by atoms with Crippen molar-refractivity contribution in [2.45, 2.75) is 44.6 Å². The second-order valence-electron chi connectivity index (χ2n) is 8.52. The van der Waals surface area contributed by atoms with E-state index in [1.807, 2.05) is 19.1 Å². The Morgan fingerprint density at radius 2 is 2.11 bits per heavy atom. The van der Waals surface area contributed by atoms with Gasteiger partial charge in [-0.15, -0.1) is 0 Å². The lowest BCUT2D eigenvalue weighted by Crippen LogP contribution is -2.46. The smallest absolute Gasteiger partial charge is 0.311 e. The molecule has 1 aliphatic rings. The summed E-state index contributed by atoms with van der Waals surface area (Å²) in [5.41, 5.74) is 9.37. The maximum Gasteiger partial charge on any atom is 0.311 e. The van der Waals surface area contributed by atoms with Crippen molar-refractivity contribution in [2.24, 2.45) is 5.73 Å². The zero-order valence-electron chi connectivity index (χ0n) is 20.0. The van der Waals surface area contributed by atoms with Crippen molar-refractivity contribution in [2.75, 3.05) is 12.4 Å². The van der Waals surface area contributed by atoms with E-state index in [1.54, 1.807) is 12.1 Å². The lowest BCUT2D eigenvalue weighted by Gasteiger charge is -2.17. The van der Waals surface area contributed by atoms with Gasteiger partial charge in [0, 0.05) is 24.7 Å². The summed E-state index contributed by atoms with van der Waals surface area (Å²) in [6, 6.07) is 6.28. The average molecular weight is 529 g/mol. The number of aromatic nitrogens is 5. The zero-order chi connectivity index (χ0) is 26.1. The van der Waals surface area contributed by atoms with Crippen LogP contribution in [0.3, 0.4) is 0 Å². The summed E-state index contributed by atoms with van der Waals surface area (Å²) >= 11 is 6.25. The van der Waals surface area contributed by atoms with Crippen molar-refractivity contribution in [1.29, 1.82) is 0 Å². The van der Waals surface area contributed by atoms with Gasteiger partial charge in [-0.3, -0.25) is 9.36 Å². The first-order valence-electron chi connectivity index (χ1n) is 11.4. The quantitative estimate of drug-likeness (QED) is 0.259. The molecule has 14 heteroatoms. The number of carbonyl (C=O) groups is 1. The molecule has 4 atom stereocenters. The monoisotopic (exact) mass is 528 g/mol. The fourth-order valence-electron chi connectivity index (χ4n) is 4.10. The topological polar surface area (TPSA) is 175 Å². The Balaban J connectivity index is 1.35. The molecule has 1 amide bonds. The van der Waals surface area contributed by atoms with E-state index in [1.165, 1.54) is 24.3 Å². The maximum absolute atomic E-state index is 12.1. The van der Waals surface area contributed by atoms with Crippen LogP contribution in [0.1, 0.15) is 23.0 Å². The van der Waals surface area contributed by atoms with Gasteiger partial charge in [-0.1, -0.05) is 22.8 Å². The third-order valence-electron chi connectivity index (χ3n) is 6.05. The Bertz CT molecular complexity index is 1430. The fourth-order valence-corrected chi connectivity index (χ4v) is 4.30. The van der Waals surface area contributed by atoms with Crippen LogP contribution in [0.5, 0.6) is 5.95 Å². The molecule has 194 valence electrons. The van der Waals surface area contributed by atoms with Gasteiger partial charge in [-0.25, -0.2) is 15.0 Å². The largest absolute Gasteiger partial charge is 0.459 e. The number of ether oxygens (including phenoxy) is 2. The normalized spacial score (nSPS) is 21.3. The Kier molecular flexibility index (Phi) is 6.93. The van der Waals surface area contributed by atoms with Crippen LogP contribution in [0.4, 0.5) is 5.82 Å². The van der Waals surface area contributed by atoms with Crippen molar-refractivity contribution in [3.63, 3.8) is 0 Å². The number of rotatable bonds is 8. The number of aliphatic hydroxyl groups excluding tert-OH is 1. The minimum atomic E-state index is -1.15. The molecular formula is C23H25ClN8O5. The van der Waals surface area contributed by atoms with Gasteiger partial charge < -0.3 is 35.5 Å². The van der Waals surface area contributed by atoms with Crippen LogP contribution in [-0.2, 0) is 22.7 Å². The van der Waals surface area contributed by atoms with Gasteiger partial charge in [-0.2, -0.15) is 0 Å².